The van der Waals surface area contributed by atoms with Gasteiger partial charge in [0.1, 0.15) is 0 Å². The van der Waals surface area contributed by atoms with Crippen molar-refractivity contribution in [3.05, 3.63) is 190 Å². The molecule has 0 amide bonds. The largest absolute Gasteiger partial charge is 0.192 e. The van der Waals surface area contributed by atoms with Crippen LogP contribution in [0.1, 0.15) is 56.0 Å². The summed E-state index contributed by atoms with van der Waals surface area (Å²) in [5.74, 6) is 0.216. The van der Waals surface area contributed by atoms with E-state index in [1.165, 1.54) is 61.2 Å². The second-order valence-corrected chi connectivity index (χ2v) is 11.3. The Labute approximate surface area is 241 Å². The van der Waals surface area contributed by atoms with Crippen LogP contribution in [0.4, 0.5) is 0 Å². The molecule has 2 aliphatic rings. The molecule has 192 valence electrons. The normalized spacial score (nSPS) is 17.7. The molecule has 0 saturated carbocycles. The molecule has 2 unspecified atom stereocenters. The van der Waals surface area contributed by atoms with E-state index in [2.05, 4.69) is 146 Å². The summed E-state index contributed by atoms with van der Waals surface area (Å²) in [7, 11) is 0. The van der Waals surface area contributed by atoms with Gasteiger partial charge in [0.2, 0.25) is 0 Å². The summed E-state index contributed by atoms with van der Waals surface area (Å²) in [4.78, 5) is 0. The Hall–Kier alpha value is -5.19. The lowest BCUT2D eigenvalue weighted by Gasteiger charge is -2.34. The molecule has 0 aliphatic heterocycles. The molecule has 0 N–H and O–H groups in total. The fourth-order valence-corrected chi connectivity index (χ4v) is 7.39. The Balaban J connectivity index is 1.45. The maximum atomic E-state index is 9.78. The summed E-state index contributed by atoms with van der Waals surface area (Å²) in [5.41, 5.74) is 15.4. The van der Waals surface area contributed by atoms with E-state index < -0.39 is 5.41 Å². The number of rotatable bonds is 3. The average Bonchev–Trinajstić information content (AvgIpc) is 3.52. The van der Waals surface area contributed by atoms with Crippen molar-refractivity contribution in [1.29, 1.82) is 5.26 Å². The highest BCUT2D eigenvalue weighted by molar-refractivity contribution is 5.88. The minimum Gasteiger partial charge on any atom is -0.192 e. The second kappa shape index (κ2) is 8.91. The molecule has 41 heavy (non-hydrogen) atoms. The standard InChI is InChI=1S/C40H27N/c1-26-15-18-29(19-16-26)40(37-14-8-7-12-32(37)36-23-27(25-41)17-22-38(36)40)30-20-21-34-35(24-30)31-11-5-6-13-33(31)39(34)28-9-3-2-4-10-28/h2-24,39H,1H3. The van der Waals surface area contributed by atoms with Crippen LogP contribution in [0.5, 0.6) is 0 Å². The summed E-state index contributed by atoms with van der Waals surface area (Å²) >= 11 is 0. The summed E-state index contributed by atoms with van der Waals surface area (Å²) in [5, 5.41) is 9.78. The van der Waals surface area contributed by atoms with Gasteiger partial charge in [-0.25, -0.2) is 0 Å². The zero-order valence-corrected chi connectivity index (χ0v) is 22.8. The maximum Gasteiger partial charge on any atom is 0.0991 e. The fourth-order valence-electron chi connectivity index (χ4n) is 7.39. The predicted octanol–water partition coefficient (Wildman–Crippen LogP) is 9.39. The molecule has 6 aromatic rings. The van der Waals surface area contributed by atoms with Crippen LogP contribution >= 0.6 is 0 Å². The number of fused-ring (bicyclic) bond motifs is 6. The fraction of sp³-hybridized carbons (Fsp3) is 0.0750. The lowest BCUT2D eigenvalue weighted by molar-refractivity contribution is 0.767. The van der Waals surface area contributed by atoms with E-state index >= 15 is 0 Å². The Bertz CT molecular complexity index is 2010. The molecule has 2 atom stereocenters. The molecule has 6 aromatic carbocycles. The minimum atomic E-state index is -0.498. The molecule has 1 heteroatoms. The highest BCUT2D eigenvalue weighted by Gasteiger charge is 2.46. The highest BCUT2D eigenvalue weighted by Crippen LogP contribution is 2.58. The predicted molar refractivity (Wildman–Crippen MR) is 166 cm³/mol. The quantitative estimate of drug-likeness (QED) is 0.227. The van der Waals surface area contributed by atoms with Crippen molar-refractivity contribution >= 4 is 0 Å². The Morgan fingerprint density at radius 2 is 1.20 bits per heavy atom. The van der Waals surface area contributed by atoms with Gasteiger partial charge in [-0.2, -0.15) is 5.26 Å². The van der Waals surface area contributed by atoms with Gasteiger partial charge in [0.05, 0.1) is 17.0 Å². The van der Waals surface area contributed by atoms with Crippen molar-refractivity contribution in [1.82, 2.24) is 0 Å². The summed E-state index contributed by atoms with van der Waals surface area (Å²) < 4.78 is 0. The lowest BCUT2D eigenvalue weighted by atomic mass is 9.67. The minimum absolute atomic E-state index is 0.216. The van der Waals surface area contributed by atoms with Crippen LogP contribution in [-0.2, 0) is 5.41 Å². The van der Waals surface area contributed by atoms with E-state index in [0.29, 0.717) is 5.56 Å². The molecule has 2 aliphatic carbocycles. The van der Waals surface area contributed by atoms with Gasteiger partial charge in [0.25, 0.3) is 0 Å². The SMILES string of the molecule is Cc1ccc(C2(c3ccc4c(c3)-c3ccccc3C4c3ccccc3)c3ccccc3-c3cc(C#N)ccc32)cc1. The lowest BCUT2D eigenvalue weighted by Crippen LogP contribution is -2.28. The second-order valence-electron chi connectivity index (χ2n) is 11.3. The first-order valence-electron chi connectivity index (χ1n) is 14.2. The molecule has 0 bridgehead atoms. The van der Waals surface area contributed by atoms with Gasteiger partial charge in [-0.05, 0) is 86.3 Å². The van der Waals surface area contributed by atoms with Crippen molar-refractivity contribution in [2.24, 2.45) is 0 Å². The number of aryl methyl sites for hydroxylation is 1. The Morgan fingerprint density at radius 3 is 2.00 bits per heavy atom. The van der Waals surface area contributed by atoms with Crippen LogP contribution in [0.3, 0.4) is 0 Å². The third-order valence-corrected chi connectivity index (χ3v) is 9.15. The summed E-state index contributed by atoms with van der Waals surface area (Å²) in [6.07, 6.45) is 0. The van der Waals surface area contributed by atoms with Crippen molar-refractivity contribution < 1.29 is 0 Å². The number of nitrogens with zero attached hydrogens (tertiary/aromatic N) is 1. The van der Waals surface area contributed by atoms with Crippen molar-refractivity contribution in [3.8, 4) is 28.3 Å². The van der Waals surface area contributed by atoms with Crippen LogP contribution in [0.25, 0.3) is 22.3 Å². The van der Waals surface area contributed by atoms with E-state index in [-0.39, 0.29) is 5.92 Å². The molecule has 0 aromatic heterocycles. The number of hydrogen-bond acceptors (Lipinski definition) is 1. The average molecular weight is 522 g/mol. The first-order valence-corrected chi connectivity index (χ1v) is 14.2. The monoisotopic (exact) mass is 521 g/mol. The topological polar surface area (TPSA) is 23.8 Å². The number of hydrogen-bond donors (Lipinski definition) is 0. The van der Waals surface area contributed by atoms with Crippen molar-refractivity contribution in [2.75, 3.05) is 0 Å². The molecule has 0 saturated heterocycles. The van der Waals surface area contributed by atoms with Crippen LogP contribution < -0.4 is 0 Å². The van der Waals surface area contributed by atoms with Crippen LogP contribution in [0.2, 0.25) is 0 Å². The van der Waals surface area contributed by atoms with Crippen LogP contribution in [0, 0.1) is 18.3 Å². The van der Waals surface area contributed by atoms with E-state index in [4.69, 9.17) is 0 Å². The van der Waals surface area contributed by atoms with Crippen LogP contribution in [-0.4, -0.2) is 0 Å². The molecule has 0 fully saturated rings. The number of benzene rings is 6. The van der Waals surface area contributed by atoms with Crippen LogP contribution in [0.15, 0.2) is 140 Å². The van der Waals surface area contributed by atoms with Gasteiger partial charge in [0, 0.05) is 5.92 Å². The molecular weight excluding hydrogens is 494 g/mol. The zero-order chi connectivity index (χ0) is 27.6. The van der Waals surface area contributed by atoms with Gasteiger partial charge < -0.3 is 0 Å². The van der Waals surface area contributed by atoms with E-state index in [9.17, 15) is 5.26 Å². The third-order valence-electron chi connectivity index (χ3n) is 9.15. The van der Waals surface area contributed by atoms with Gasteiger partial charge in [-0.1, -0.05) is 127 Å². The summed E-state index contributed by atoms with van der Waals surface area (Å²) in [6, 6.07) is 53.2. The van der Waals surface area contributed by atoms with E-state index in [1.54, 1.807) is 0 Å². The first-order chi connectivity index (χ1) is 20.2. The van der Waals surface area contributed by atoms with Gasteiger partial charge in [-0.15, -0.1) is 0 Å². The smallest absolute Gasteiger partial charge is 0.0991 e. The Kier molecular flexibility index (Phi) is 5.15. The zero-order valence-electron chi connectivity index (χ0n) is 22.8. The van der Waals surface area contributed by atoms with Gasteiger partial charge in [-0.3, -0.25) is 0 Å². The molecule has 0 heterocycles. The highest BCUT2D eigenvalue weighted by atomic mass is 14.5. The first kappa shape index (κ1) is 23.7. The maximum absolute atomic E-state index is 9.78. The van der Waals surface area contributed by atoms with Gasteiger partial charge in [0.15, 0.2) is 0 Å². The number of nitriles is 1. The Morgan fingerprint density at radius 1 is 0.537 bits per heavy atom. The summed E-state index contributed by atoms with van der Waals surface area (Å²) in [6.45, 7) is 2.14. The van der Waals surface area contributed by atoms with E-state index in [0.717, 1.165) is 5.56 Å². The molecule has 0 spiro atoms. The van der Waals surface area contributed by atoms with Crippen molar-refractivity contribution in [3.63, 3.8) is 0 Å². The molecule has 0 radical (unpaired) electrons. The van der Waals surface area contributed by atoms with Gasteiger partial charge >= 0.3 is 0 Å². The molecular formula is C40H27N. The van der Waals surface area contributed by atoms with Crippen molar-refractivity contribution in [2.45, 2.75) is 18.3 Å². The molecule has 1 nitrogen and oxygen atoms in total. The molecule has 8 rings (SSSR count). The third kappa shape index (κ3) is 3.28. The van der Waals surface area contributed by atoms with E-state index in [1.807, 2.05) is 6.07 Å².